The van der Waals surface area contributed by atoms with Crippen molar-refractivity contribution >= 4 is 44.8 Å². The first-order valence-electron chi connectivity index (χ1n) is 30.6. The van der Waals surface area contributed by atoms with Crippen molar-refractivity contribution in [2.75, 3.05) is 0 Å². The molecule has 14 rings (SSSR count). The maximum absolute atomic E-state index is 5.31. The van der Waals surface area contributed by atoms with E-state index in [9.17, 15) is 0 Å². The molecule has 0 heterocycles. The van der Waals surface area contributed by atoms with Gasteiger partial charge in [0.15, 0.2) is 0 Å². The molecule has 4 atom stereocenters. The zero-order chi connectivity index (χ0) is 58.6. The number of benzene rings is 10. The molecular weight excluding hydrogens is 1370 g/mol. The molecule has 0 aliphatic heterocycles. The van der Waals surface area contributed by atoms with Crippen LogP contribution in [0.2, 0.25) is 28.1 Å². The van der Waals surface area contributed by atoms with E-state index in [-0.39, 0.29) is 0 Å². The Bertz CT molecular complexity index is 4520. The van der Waals surface area contributed by atoms with Crippen LogP contribution in [-0.4, -0.2) is 13.9 Å². The summed E-state index contributed by atoms with van der Waals surface area (Å²) in [5.74, 6) is 0. The Balaban J connectivity index is 0.000000157. The summed E-state index contributed by atoms with van der Waals surface area (Å²) in [5.41, 5.74) is 24.5. The third-order valence-electron chi connectivity index (χ3n) is 22.9. The average Bonchev–Trinajstić information content (AvgIpc) is 1.11. The molecule has 10 aromatic carbocycles. The van der Waals surface area contributed by atoms with E-state index in [1.54, 1.807) is 0 Å². The third-order valence-corrected chi connectivity index (χ3v) is 117. The fourth-order valence-electron chi connectivity index (χ4n) is 17.6. The van der Waals surface area contributed by atoms with Crippen molar-refractivity contribution in [3.8, 4) is 44.5 Å². The first-order valence-corrected chi connectivity index (χ1v) is 80.7. The Hall–Kier alpha value is -6.67. The molecule has 0 spiro atoms. The van der Waals surface area contributed by atoms with Gasteiger partial charge in [-0.3, -0.25) is 0 Å². The quantitative estimate of drug-likeness (QED) is 0.120. The van der Waals surface area contributed by atoms with E-state index < -0.39 is 28.4 Å². The fourth-order valence-corrected chi connectivity index (χ4v) is 93.7. The summed E-state index contributed by atoms with van der Waals surface area (Å²) in [4.78, 5) is 0. The summed E-state index contributed by atoms with van der Waals surface area (Å²) in [6, 6.07) is 90.8. The Morgan fingerprint density at radius 3 is 0.774 bits per heavy atom. The van der Waals surface area contributed by atoms with Gasteiger partial charge < -0.3 is 0 Å². The van der Waals surface area contributed by atoms with E-state index in [1.165, 1.54) is 107 Å². The molecule has 4 unspecified atom stereocenters. The van der Waals surface area contributed by atoms with E-state index >= 15 is 0 Å². The van der Waals surface area contributed by atoms with Crippen LogP contribution in [0, 0.1) is 13.8 Å². The Labute approximate surface area is 492 Å². The molecule has 4 aliphatic rings. The summed E-state index contributed by atoms with van der Waals surface area (Å²) in [7, 11) is 0. The molecule has 0 bridgehead atoms. The van der Waals surface area contributed by atoms with Gasteiger partial charge in [-0.15, -0.1) is 0 Å². The molecule has 0 saturated heterocycles. The number of hydrogen-bond acceptors (Lipinski definition) is 0. The van der Waals surface area contributed by atoms with E-state index in [0.29, 0.717) is 14.7 Å². The summed E-state index contributed by atoms with van der Waals surface area (Å²) in [6.07, 6.45) is 20.1. The molecule has 0 radical (unpaired) electrons. The standard InChI is InChI=1S/2C16H13.2C15H11.2C6H5.6CH3.2Hf.2H2Si/c2*1-12-5-2-8-14(11-12)16-10-4-7-13-6-3-9-15(13)16;2*1-2-6-12(7-3-1)14-10-4-8-13-9-5-11-15(13)14;2*1-2-4-6-5-3-1;;;;;;;;;;/h2*2-11H,1H3;2*1-11H;2*1-5H;6*1H3;;;2*1H2. The van der Waals surface area contributed by atoms with Gasteiger partial charge in [-0.05, 0) is 0 Å². The predicted octanol–water partition coefficient (Wildman–Crippen LogP) is 19.9. The molecule has 84 heavy (non-hydrogen) atoms. The molecule has 0 amide bonds. The minimum atomic E-state index is -5.31. The molecule has 0 nitrogen and oxygen atoms in total. The number of rotatable bonds is 10. The van der Waals surface area contributed by atoms with Gasteiger partial charge in [-0.1, -0.05) is 0 Å². The Morgan fingerprint density at radius 1 is 0.262 bits per heavy atom. The van der Waals surface area contributed by atoms with Crippen LogP contribution in [0.25, 0.3) is 68.8 Å². The van der Waals surface area contributed by atoms with Crippen molar-refractivity contribution < 1.29 is 28.4 Å². The molecule has 0 saturated carbocycles. The van der Waals surface area contributed by atoms with E-state index in [2.05, 4.69) is 347 Å². The summed E-state index contributed by atoms with van der Waals surface area (Å²) < 4.78 is 20.8. The van der Waals surface area contributed by atoms with Crippen molar-refractivity contribution in [1.29, 1.82) is 0 Å². The van der Waals surface area contributed by atoms with E-state index in [1.807, 2.05) is 0 Å². The van der Waals surface area contributed by atoms with Gasteiger partial charge in [0.1, 0.15) is 0 Å². The van der Waals surface area contributed by atoms with Gasteiger partial charge in [0.05, 0.1) is 0 Å². The fraction of sp³-hybridized carbons (Fsp3) is 0.150. The topological polar surface area (TPSA) is 0 Å². The zero-order valence-corrected chi connectivity index (χ0v) is 60.5. The van der Waals surface area contributed by atoms with Gasteiger partial charge in [0.25, 0.3) is 0 Å². The van der Waals surface area contributed by atoms with Crippen LogP contribution in [0.4, 0.5) is 0 Å². The average molecular weight is 1450 g/mol. The second-order valence-corrected chi connectivity index (χ2v) is 186. The second-order valence-electron chi connectivity index (χ2n) is 32.0. The molecule has 416 valence electrons. The molecule has 10 aromatic rings. The van der Waals surface area contributed by atoms with E-state index in [0.717, 1.165) is 0 Å². The van der Waals surface area contributed by atoms with Gasteiger partial charge in [0.2, 0.25) is 0 Å². The second kappa shape index (κ2) is 18.0. The van der Waals surface area contributed by atoms with Crippen molar-refractivity contribution in [3.63, 3.8) is 0 Å². The normalized spacial score (nSPS) is 19.8. The van der Waals surface area contributed by atoms with Crippen molar-refractivity contribution in [2.45, 2.75) is 56.6 Å². The number of allylic oxidation sites excluding steroid dienone is 4. The summed E-state index contributed by atoms with van der Waals surface area (Å²) in [5, 5.41) is 0. The Kier molecular flexibility index (Phi) is 12.1. The van der Waals surface area contributed by atoms with Gasteiger partial charge >= 0.3 is 497 Å². The van der Waals surface area contributed by atoms with Crippen molar-refractivity contribution in [2.24, 2.45) is 0 Å². The van der Waals surface area contributed by atoms with Crippen LogP contribution >= 0.6 is 0 Å². The summed E-state index contributed by atoms with van der Waals surface area (Å²) in [6.45, 7) is 9.19. The maximum atomic E-state index is 2.75. The first kappa shape index (κ1) is 56.5. The van der Waals surface area contributed by atoms with E-state index in [4.69, 9.17) is 0 Å². The van der Waals surface area contributed by atoms with Crippen LogP contribution < -0.4 is 6.64 Å². The van der Waals surface area contributed by atoms with Crippen LogP contribution in [-0.2, 0) is 28.4 Å². The van der Waals surface area contributed by atoms with Crippen LogP contribution in [0.5, 0.6) is 0 Å². The predicted molar refractivity (Wildman–Crippen MR) is 369 cm³/mol. The number of fused-ring (bicyclic) bond motifs is 4. The molecular formula is C80H80Hf2Si2. The molecule has 0 N–H and O–H groups in total. The van der Waals surface area contributed by atoms with Crippen molar-refractivity contribution in [3.05, 3.63) is 323 Å². The third kappa shape index (κ3) is 8.20. The van der Waals surface area contributed by atoms with Crippen molar-refractivity contribution in [1.82, 2.24) is 0 Å². The molecule has 0 fully saturated rings. The first-order chi connectivity index (χ1) is 39.9. The Morgan fingerprint density at radius 2 is 0.500 bits per heavy atom. The minimum absolute atomic E-state index is 0.299. The molecule has 0 aromatic heterocycles. The zero-order valence-electron chi connectivity index (χ0n) is 50.4. The molecule has 4 heteroatoms. The monoisotopic (exact) mass is 1460 g/mol. The van der Waals surface area contributed by atoms with Crippen LogP contribution in [0.1, 0.15) is 70.3 Å². The van der Waals surface area contributed by atoms with Crippen LogP contribution in [0.3, 0.4) is 0 Å². The number of hydrogen-bond donors (Lipinski definition) is 0. The SMILES string of the molecule is Cc1cccc(-c2cccc3c2C=C[CH]3[Hf]([CH3])([CH3])([CH3])(=[SiH2])([c]2ccccc2)[CH]2C=Cc3c(-c4cccc(C)c4)cccc32)c1.[CH3][Hf]([CH3])([CH3])(=[SiH2])([c]1ccccc1)([CH]1C=Cc2c(-c3ccccc3)cccc21)[CH]1C=Cc2c(-c3ccccc3)cccc21. The van der Waals surface area contributed by atoms with Crippen LogP contribution in [0.15, 0.2) is 267 Å². The van der Waals surface area contributed by atoms with Gasteiger partial charge in [-0.2, -0.15) is 0 Å². The summed E-state index contributed by atoms with van der Waals surface area (Å²) >= 11 is -10.6. The van der Waals surface area contributed by atoms with Gasteiger partial charge in [0, 0.05) is 0 Å². The molecule has 4 aliphatic carbocycles. The van der Waals surface area contributed by atoms with Gasteiger partial charge in [-0.25, -0.2) is 0 Å². The number of aryl methyl sites for hydroxylation is 2.